The van der Waals surface area contributed by atoms with Crippen molar-refractivity contribution in [2.45, 2.75) is 53.8 Å². The molecule has 0 saturated carbocycles. The fourth-order valence-electron chi connectivity index (χ4n) is 1.50. The van der Waals surface area contributed by atoms with Crippen LogP contribution in [0.25, 0.3) is 0 Å². The van der Waals surface area contributed by atoms with Crippen LogP contribution in [0.15, 0.2) is 47.6 Å². The number of allylic oxidation sites excluding steroid dienone is 3. The summed E-state index contributed by atoms with van der Waals surface area (Å²) in [5.41, 5.74) is 4.61. The smallest absolute Gasteiger partial charge is 0.177 e. The van der Waals surface area contributed by atoms with Gasteiger partial charge >= 0.3 is 0 Å². The van der Waals surface area contributed by atoms with Crippen LogP contribution in [0.5, 0.6) is 0 Å². The average molecular weight is 278 g/mol. The van der Waals surface area contributed by atoms with Gasteiger partial charge in [0.2, 0.25) is 0 Å². The molecule has 20 heavy (non-hydrogen) atoms. The first-order valence-electron chi connectivity index (χ1n) is 7.14. The summed E-state index contributed by atoms with van der Waals surface area (Å²) < 4.78 is 11.4. The first-order valence-corrected chi connectivity index (χ1v) is 7.14. The molecule has 0 aliphatic carbocycles. The van der Waals surface area contributed by atoms with Gasteiger partial charge < -0.3 is 9.47 Å². The molecule has 0 radical (unpaired) electrons. The third-order valence-corrected chi connectivity index (χ3v) is 2.50. The molecular weight excluding hydrogens is 248 g/mol. The van der Waals surface area contributed by atoms with Crippen molar-refractivity contribution in [3.63, 3.8) is 0 Å². The molecule has 0 aromatic rings. The van der Waals surface area contributed by atoms with Crippen LogP contribution in [-0.4, -0.2) is 19.5 Å². The molecule has 0 rings (SSSR count). The van der Waals surface area contributed by atoms with Gasteiger partial charge in [-0.2, -0.15) is 0 Å². The Morgan fingerprint density at radius 3 is 1.85 bits per heavy atom. The van der Waals surface area contributed by atoms with E-state index >= 15 is 0 Å². The molecule has 0 spiro atoms. The monoisotopic (exact) mass is 278 g/mol. The van der Waals surface area contributed by atoms with Crippen molar-refractivity contribution in [1.82, 2.24) is 0 Å². The predicted molar refractivity (Wildman–Crippen MR) is 87.7 cm³/mol. The fraction of sp³-hybridized carbons (Fsp3) is 0.556. The van der Waals surface area contributed by atoms with Gasteiger partial charge in [0, 0.05) is 0 Å². The summed E-state index contributed by atoms with van der Waals surface area (Å²) in [5.74, 6) is 0. The second-order valence-corrected chi connectivity index (χ2v) is 5.74. The Balaban J connectivity index is 4.45. The normalized spacial score (nSPS) is 11.6. The second kappa shape index (κ2) is 10.6. The Labute approximate surface area is 124 Å². The molecule has 0 saturated heterocycles. The molecule has 0 aromatic carbocycles. The number of hydrogen-bond donors (Lipinski definition) is 0. The van der Waals surface area contributed by atoms with Gasteiger partial charge in [-0.25, -0.2) is 0 Å². The Bertz CT molecular complexity index is 353. The van der Waals surface area contributed by atoms with E-state index in [4.69, 9.17) is 9.47 Å². The van der Waals surface area contributed by atoms with E-state index in [1.165, 1.54) is 11.1 Å². The highest BCUT2D eigenvalue weighted by molar-refractivity contribution is 5.04. The molecule has 2 heteroatoms. The minimum Gasteiger partial charge on any atom is -0.345 e. The standard InChI is InChI=1S/C18H30O2/c1-14(2)9-8-10-17(7)11-18(19-12-15(3)4)20-13-16(5)6/h9,11,18H,3,5,8,10,12-13H2,1-2,4,6-7H3. The summed E-state index contributed by atoms with van der Waals surface area (Å²) in [5, 5.41) is 0. The van der Waals surface area contributed by atoms with E-state index in [0.717, 1.165) is 24.0 Å². The van der Waals surface area contributed by atoms with Crippen molar-refractivity contribution >= 4 is 0 Å². The topological polar surface area (TPSA) is 18.5 Å². The molecule has 0 bridgehead atoms. The van der Waals surface area contributed by atoms with E-state index < -0.39 is 0 Å². The molecule has 0 fully saturated rings. The van der Waals surface area contributed by atoms with Gasteiger partial charge in [-0.05, 0) is 53.5 Å². The minimum absolute atomic E-state index is 0.324. The highest BCUT2D eigenvalue weighted by Gasteiger charge is 2.07. The Hall–Kier alpha value is -1.12. The highest BCUT2D eigenvalue weighted by Crippen LogP contribution is 2.11. The van der Waals surface area contributed by atoms with Crippen LogP contribution in [-0.2, 0) is 9.47 Å². The number of ether oxygens (including phenoxy) is 2. The van der Waals surface area contributed by atoms with E-state index in [9.17, 15) is 0 Å². The first-order chi connectivity index (χ1) is 9.31. The Morgan fingerprint density at radius 1 is 0.950 bits per heavy atom. The van der Waals surface area contributed by atoms with E-state index in [0.29, 0.717) is 13.2 Å². The summed E-state index contributed by atoms with van der Waals surface area (Å²) in [4.78, 5) is 0. The molecule has 0 aliphatic heterocycles. The van der Waals surface area contributed by atoms with Gasteiger partial charge in [0.1, 0.15) is 0 Å². The largest absolute Gasteiger partial charge is 0.345 e. The highest BCUT2D eigenvalue weighted by atomic mass is 16.7. The Kier molecular flexibility index (Phi) is 10.0. The number of rotatable bonds is 10. The summed E-state index contributed by atoms with van der Waals surface area (Å²) in [6.07, 6.45) is 6.04. The molecule has 0 heterocycles. The molecule has 0 N–H and O–H groups in total. The third-order valence-electron chi connectivity index (χ3n) is 2.50. The van der Waals surface area contributed by atoms with Gasteiger partial charge in [0.05, 0.1) is 13.2 Å². The Morgan fingerprint density at radius 2 is 1.45 bits per heavy atom. The van der Waals surface area contributed by atoms with Gasteiger partial charge in [-0.3, -0.25) is 0 Å². The molecule has 0 aromatic heterocycles. The molecule has 0 unspecified atom stereocenters. The average Bonchev–Trinajstić information content (AvgIpc) is 2.31. The van der Waals surface area contributed by atoms with Crippen molar-refractivity contribution in [2.24, 2.45) is 0 Å². The van der Waals surface area contributed by atoms with Crippen LogP contribution in [0.3, 0.4) is 0 Å². The molecule has 0 atom stereocenters. The fourth-order valence-corrected chi connectivity index (χ4v) is 1.50. The van der Waals surface area contributed by atoms with E-state index in [1.807, 2.05) is 19.9 Å². The van der Waals surface area contributed by atoms with Crippen molar-refractivity contribution in [3.05, 3.63) is 47.6 Å². The maximum Gasteiger partial charge on any atom is 0.177 e. The lowest BCUT2D eigenvalue weighted by Crippen LogP contribution is -2.17. The molecule has 2 nitrogen and oxygen atoms in total. The van der Waals surface area contributed by atoms with E-state index in [1.54, 1.807) is 0 Å². The summed E-state index contributed by atoms with van der Waals surface area (Å²) in [7, 11) is 0. The SMILES string of the molecule is C=C(C)COC(C=C(C)CCC=C(C)C)OCC(=C)C. The number of hydrogen-bond acceptors (Lipinski definition) is 2. The van der Waals surface area contributed by atoms with Gasteiger partial charge in [0.15, 0.2) is 6.29 Å². The lowest BCUT2D eigenvalue weighted by atomic mass is 10.1. The second-order valence-electron chi connectivity index (χ2n) is 5.74. The third kappa shape index (κ3) is 11.9. The predicted octanol–water partition coefficient (Wildman–Crippen LogP) is 5.19. The lowest BCUT2D eigenvalue weighted by Gasteiger charge is -2.16. The zero-order valence-electron chi connectivity index (χ0n) is 13.8. The summed E-state index contributed by atoms with van der Waals surface area (Å²) in [6.45, 7) is 19.0. The van der Waals surface area contributed by atoms with Crippen molar-refractivity contribution in [3.8, 4) is 0 Å². The van der Waals surface area contributed by atoms with Crippen LogP contribution in [0.2, 0.25) is 0 Å². The van der Waals surface area contributed by atoms with Crippen LogP contribution < -0.4 is 0 Å². The quantitative estimate of drug-likeness (QED) is 0.404. The van der Waals surface area contributed by atoms with Crippen LogP contribution >= 0.6 is 0 Å². The summed E-state index contributed by atoms with van der Waals surface area (Å²) >= 11 is 0. The van der Waals surface area contributed by atoms with Gasteiger partial charge in [-0.1, -0.05) is 41.5 Å². The lowest BCUT2D eigenvalue weighted by molar-refractivity contribution is -0.0976. The van der Waals surface area contributed by atoms with Crippen molar-refractivity contribution < 1.29 is 9.47 Å². The van der Waals surface area contributed by atoms with E-state index in [-0.39, 0.29) is 6.29 Å². The summed E-state index contributed by atoms with van der Waals surface area (Å²) in [6, 6.07) is 0. The maximum absolute atomic E-state index is 5.70. The zero-order chi connectivity index (χ0) is 15.5. The van der Waals surface area contributed by atoms with Gasteiger partial charge in [-0.15, -0.1) is 0 Å². The molecule has 114 valence electrons. The maximum atomic E-state index is 5.70. The van der Waals surface area contributed by atoms with Crippen molar-refractivity contribution in [1.29, 1.82) is 0 Å². The van der Waals surface area contributed by atoms with Gasteiger partial charge in [0.25, 0.3) is 0 Å². The van der Waals surface area contributed by atoms with Crippen LogP contribution in [0, 0.1) is 0 Å². The zero-order valence-corrected chi connectivity index (χ0v) is 13.8. The minimum atomic E-state index is -0.324. The van der Waals surface area contributed by atoms with E-state index in [2.05, 4.69) is 40.0 Å². The molecular formula is C18H30O2. The first kappa shape index (κ1) is 18.9. The molecule has 0 amide bonds. The van der Waals surface area contributed by atoms with Crippen LogP contribution in [0.4, 0.5) is 0 Å². The van der Waals surface area contributed by atoms with Crippen LogP contribution in [0.1, 0.15) is 47.5 Å². The van der Waals surface area contributed by atoms with Crippen molar-refractivity contribution in [2.75, 3.05) is 13.2 Å². The molecule has 0 aliphatic rings.